The molecule has 1 aliphatic rings. The second-order valence-corrected chi connectivity index (χ2v) is 6.45. The number of aromatic nitrogens is 2. The Morgan fingerprint density at radius 2 is 2.10 bits per heavy atom. The molecule has 4 nitrogen and oxygen atoms in total. The Hall–Kier alpha value is -1.14. The summed E-state index contributed by atoms with van der Waals surface area (Å²) in [6.45, 7) is 0.223. The van der Waals surface area contributed by atoms with E-state index in [1.165, 1.54) is 4.68 Å². The Bertz CT molecular complexity index is 651. The fourth-order valence-electron chi connectivity index (χ4n) is 3.04. The molecule has 0 spiro atoms. The van der Waals surface area contributed by atoms with Crippen LogP contribution in [0.2, 0.25) is 0 Å². The average Bonchev–Trinajstić information content (AvgIpc) is 2.83. The molecule has 0 bridgehead atoms. The molecule has 0 saturated heterocycles. The van der Waals surface area contributed by atoms with Gasteiger partial charge < -0.3 is 9.84 Å². The monoisotopic (exact) mass is 356 g/mol. The van der Waals surface area contributed by atoms with Crippen molar-refractivity contribution in [3.05, 3.63) is 22.6 Å². The largest absolute Gasteiger partial charge is 0.495 e. The number of rotatable bonds is 3. The summed E-state index contributed by atoms with van der Waals surface area (Å²) in [7, 11) is 1.58. The van der Waals surface area contributed by atoms with Gasteiger partial charge in [-0.15, -0.1) is 0 Å². The molecule has 114 valence electrons. The van der Waals surface area contributed by atoms with Crippen LogP contribution in [0, 0.1) is 11.9 Å². The molecule has 21 heavy (non-hydrogen) atoms. The molecular weight excluding hydrogens is 339 g/mol. The summed E-state index contributed by atoms with van der Waals surface area (Å²) in [5.41, 5.74) is 0.608. The highest BCUT2D eigenvalue weighted by molar-refractivity contribution is 9.10. The molecular formula is C15H18BrFN2O2. The van der Waals surface area contributed by atoms with Crippen molar-refractivity contribution in [1.29, 1.82) is 0 Å². The number of hydrogen-bond donors (Lipinski definition) is 1. The third-order valence-electron chi connectivity index (χ3n) is 4.33. The van der Waals surface area contributed by atoms with E-state index in [9.17, 15) is 9.50 Å². The Labute approximate surface area is 131 Å². The predicted octanol–water partition coefficient (Wildman–Crippen LogP) is 3.67. The molecule has 2 aromatic rings. The highest BCUT2D eigenvalue weighted by Gasteiger charge is 2.26. The maximum absolute atomic E-state index is 14.6. The molecule has 1 heterocycles. The molecule has 1 fully saturated rings. The van der Waals surface area contributed by atoms with E-state index in [0.717, 1.165) is 30.2 Å². The Kier molecular flexibility index (Phi) is 4.17. The maximum atomic E-state index is 14.6. The fraction of sp³-hybridized carbons (Fsp3) is 0.533. The first-order valence-electron chi connectivity index (χ1n) is 7.16. The zero-order valence-electron chi connectivity index (χ0n) is 11.9. The van der Waals surface area contributed by atoms with E-state index in [1.807, 2.05) is 0 Å². The van der Waals surface area contributed by atoms with Crippen LogP contribution >= 0.6 is 15.9 Å². The number of nitrogens with zero attached hydrogens (tertiary/aromatic N) is 2. The van der Waals surface area contributed by atoms with Crippen molar-refractivity contribution in [3.63, 3.8) is 0 Å². The predicted molar refractivity (Wildman–Crippen MR) is 82.0 cm³/mol. The first-order valence-corrected chi connectivity index (χ1v) is 7.95. The maximum Gasteiger partial charge on any atom is 0.219 e. The fourth-order valence-corrected chi connectivity index (χ4v) is 3.55. The van der Waals surface area contributed by atoms with Gasteiger partial charge in [0.2, 0.25) is 5.95 Å². The van der Waals surface area contributed by atoms with Crippen molar-refractivity contribution in [2.75, 3.05) is 13.7 Å². The van der Waals surface area contributed by atoms with E-state index in [2.05, 4.69) is 21.0 Å². The third-order valence-corrected chi connectivity index (χ3v) is 4.95. The minimum atomic E-state index is -0.291. The molecule has 6 heteroatoms. The van der Waals surface area contributed by atoms with Crippen molar-refractivity contribution in [2.45, 2.75) is 31.7 Å². The number of ether oxygens (including phenoxy) is 1. The normalized spacial score (nSPS) is 22.7. The van der Waals surface area contributed by atoms with E-state index in [4.69, 9.17) is 4.74 Å². The summed E-state index contributed by atoms with van der Waals surface area (Å²) < 4.78 is 22.1. The van der Waals surface area contributed by atoms with Crippen LogP contribution in [-0.2, 0) is 0 Å². The van der Waals surface area contributed by atoms with Gasteiger partial charge in [-0.25, -0.2) is 4.68 Å². The van der Waals surface area contributed by atoms with Crippen molar-refractivity contribution >= 4 is 26.8 Å². The Balaban J connectivity index is 1.95. The molecule has 0 aliphatic heterocycles. The van der Waals surface area contributed by atoms with Crippen LogP contribution in [0.1, 0.15) is 31.7 Å². The topological polar surface area (TPSA) is 47.3 Å². The lowest BCUT2D eigenvalue weighted by Crippen LogP contribution is -2.21. The second-order valence-electron chi connectivity index (χ2n) is 5.60. The quantitative estimate of drug-likeness (QED) is 0.912. The minimum absolute atomic E-state index is 0.0740. The summed E-state index contributed by atoms with van der Waals surface area (Å²) in [6, 6.07) is 3.54. The first-order chi connectivity index (χ1) is 10.1. The number of aliphatic hydroxyl groups is 1. The van der Waals surface area contributed by atoms with Gasteiger partial charge in [0.25, 0.3) is 0 Å². The molecule has 1 N–H and O–H groups in total. The van der Waals surface area contributed by atoms with E-state index < -0.39 is 0 Å². The minimum Gasteiger partial charge on any atom is -0.495 e. The highest BCUT2D eigenvalue weighted by atomic mass is 79.9. The number of fused-ring (bicyclic) bond motifs is 1. The molecule has 1 aliphatic carbocycles. The number of hydrogen-bond acceptors (Lipinski definition) is 3. The van der Waals surface area contributed by atoms with Gasteiger partial charge in [0.1, 0.15) is 5.75 Å². The van der Waals surface area contributed by atoms with Crippen molar-refractivity contribution in [1.82, 2.24) is 9.78 Å². The van der Waals surface area contributed by atoms with Gasteiger partial charge in [0.05, 0.1) is 28.5 Å². The molecule has 1 saturated carbocycles. The number of methoxy groups -OCH3 is 1. The average molecular weight is 357 g/mol. The zero-order chi connectivity index (χ0) is 15.0. The standard InChI is InChI=1S/C15H18BrFN2O2/c1-21-14-7-13-11(6-12(14)16)15(17)19(18-13)10-4-2-9(8-20)3-5-10/h6-7,9-10,20H,2-5,8H2,1H3. The summed E-state index contributed by atoms with van der Waals surface area (Å²) in [6.07, 6.45) is 3.55. The third kappa shape index (κ3) is 2.66. The van der Waals surface area contributed by atoms with Crippen LogP contribution in [0.15, 0.2) is 16.6 Å². The first kappa shape index (κ1) is 14.8. The number of aliphatic hydroxyl groups excluding tert-OH is 1. The summed E-state index contributed by atoms with van der Waals surface area (Å²) in [5, 5.41) is 14.1. The zero-order valence-corrected chi connectivity index (χ0v) is 13.4. The van der Waals surface area contributed by atoms with E-state index in [1.54, 1.807) is 19.2 Å². The van der Waals surface area contributed by atoms with Gasteiger partial charge >= 0.3 is 0 Å². The van der Waals surface area contributed by atoms with Crippen LogP contribution in [0.4, 0.5) is 4.39 Å². The van der Waals surface area contributed by atoms with Gasteiger partial charge in [0, 0.05) is 12.7 Å². The van der Waals surface area contributed by atoms with Crippen LogP contribution in [0.3, 0.4) is 0 Å². The molecule has 0 atom stereocenters. The number of halogens is 2. The summed E-state index contributed by atoms with van der Waals surface area (Å²) in [4.78, 5) is 0. The number of benzene rings is 1. The molecule has 0 unspecified atom stereocenters. The highest BCUT2D eigenvalue weighted by Crippen LogP contribution is 2.36. The molecule has 1 aromatic carbocycles. The van der Waals surface area contributed by atoms with Gasteiger partial charge in [-0.1, -0.05) is 0 Å². The van der Waals surface area contributed by atoms with Crippen LogP contribution in [0.25, 0.3) is 10.9 Å². The molecule has 3 rings (SSSR count). The van der Waals surface area contributed by atoms with E-state index in [0.29, 0.717) is 22.6 Å². The van der Waals surface area contributed by atoms with Gasteiger partial charge in [-0.05, 0) is 53.6 Å². The van der Waals surface area contributed by atoms with Gasteiger partial charge in [-0.2, -0.15) is 9.49 Å². The van der Waals surface area contributed by atoms with Crippen LogP contribution in [0.5, 0.6) is 5.75 Å². The lowest BCUT2D eigenvalue weighted by Gasteiger charge is -2.27. The van der Waals surface area contributed by atoms with Gasteiger partial charge in [0.15, 0.2) is 0 Å². The SMILES string of the molecule is COc1cc2nn(C3CCC(CO)CC3)c(F)c2cc1Br. The van der Waals surface area contributed by atoms with Crippen LogP contribution in [-0.4, -0.2) is 28.6 Å². The Morgan fingerprint density at radius 1 is 1.38 bits per heavy atom. The summed E-state index contributed by atoms with van der Waals surface area (Å²) in [5.74, 6) is 0.709. The lowest BCUT2D eigenvalue weighted by molar-refractivity contribution is 0.160. The Morgan fingerprint density at radius 3 is 2.71 bits per heavy atom. The molecule has 0 radical (unpaired) electrons. The van der Waals surface area contributed by atoms with Gasteiger partial charge in [-0.3, -0.25) is 0 Å². The van der Waals surface area contributed by atoms with Crippen molar-refractivity contribution < 1.29 is 14.2 Å². The van der Waals surface area contributed by atoms with Crippen LogP contribution < -0.4 is 4.74 Å². The second kappa shape index (κ2) is 5.93. The van der Waals surface area contributed by atoms with E-state index >= 15 is 0 Å². The lowest BCUT2D eigenvalue weighted by atomic mass is 9.87. The van der Waals surface area contributed by atoms with E-state index in [-0.39, 0.29) is 18.6 Å². The smallest absolute Gasteiger partial charge is 0.219 e. The summed E-state index contributed by atoms with van der Waals surface area (Å²) >= 11 is 3.38. The molecule has 0 amide bonds. The van der Waals surface area contributed by atoms with Crippen molar-refractivity contribution in [3.8, 4) is 5.75 Å². The van der Waals surface area contributed by atoms with Crippen molar-refractivity contribution in [2.24, 2.45) is 5.92 Å². The molecule has 1 aromatic heterocycles.